The number of aliphatic hydroxyl groups excluding tert-OH is 2. The third kappa shape index (κ3) is 3.07. The van der Waals surface area contributed by atoms with Crippen LogP contribution in [0.3, 0.4) is 0 Å². The molecular formula is C23H34O6. The van der Waals surface area contributed by atoms with Crippen molar-refractivity contribution in [3.05, 3.63) is 25.3 Å². The summed E-state index contributed by atoms with van der Waals surface area (Å²) in [4.78, 5) is 18.5. The van der Waals surface area contributed by atoms with Crippen molar-refractivity contribution >= 4 is 11.9 Å². The molecule has 8 unspecified atom stereocenters. The summed E-state index contributed by atoms with van der Waals surface area (Å²) in [6.07, 6.45) is 11.1. The summed E-state index contributed by atoms with van der Waals surface area (Å²) >= 11 is 0. The van der Waals surface area contributed by atoms with E-state index in [1.165, 1.54) is 44.9 Å². The lowest BCUT2D eigenvalue weighted by Gasteiger charge is -2.56. The lowest BCUT2D eigenvalue weighted by molar-refractivity contribution is -0.144. The van der Waals surface area contributed by atoms with Crippen molar-refractivity contribution in [1.82, 2.24) is 0 Å². The molecule has 4 bridgehead atoms. The number of aliphatic hydroxyl groups is 2. The van der Waals surface area contributed by atoms with Gasteiger partial charge in [-0.15, -0.1) is 0 Å². The number of carboxylic acids is 2. The fourth-order valence-corrected chi connectivity index (χ4v) is 8.53. The first-order valence-electron chi connectivity index (χ1n) is 10.7. The molecule has 5 aliphatic rings. The first-order chi connectivity index (χ1) is 13.8. The van der Waals surface area contributed by atoms with Gasteiger partial charge in [-0.1, -0.05) is 19.6 Å². The molecule has 0 heterocycles. The van der Waals surface area contributed by atoms with E-state index in [1.54, 1.807) is 0 Å². The quantitative estimate of drug-likeness (QED) is 0.421. The van der Waals surface area contributed by atoms with E-state index in [1.807, 2.05) is 0 Å². The molecule has 6 nitrogen and oxygen atoms in total. The minimum atomic E-state index is -0.981. The average molecular weight is 407 g/mol. The van der Waals surface area contributed by atoms with Gasteiger partial charge in [0.15, 0.2) is 0 Å². The summed E-state index contributed by atoms with van der Waals surface area (Å²) in [5.41, 5.74) is 0.235. The van der Waals surface area contributed by atoms with Gasteiger partial charge in [-0.25, -0.2) is 9.59 Å². The third-order valence-electron chi connectivity index (χ3n) is 9.01. The highest BCUT2D eigenvalue weighted by Gasteiger charge is 2.79. The molecule has 29 heavy (non-hydrogen) atoms. The lowest BCUT2D eigenvalue weighted by Crippen LogP contribution is -2.56. The molecule has 5 fully saturated rings. The number of carbonyl (C=O) groups is 2. The van der Waals surface area contributed by atoms with Crippen LogP contribution in [-0.4, -0.2) is 45.6 Å². The second-order valence-corrected chi connectivity index (χ2v) is 9.46. The van der Waals surface area contributed by atoms with Crippen LogP contribution in [0.15, 0.2) is 25.3 Å². The Kier molecular flexibility index (Phi) is 6.25. The molecule has 0 spiro atoms. The predicted octanol–water partition coefficient (Wildman–Crippen LogP) is 2.95. The largest absolute Gasteiger partial charge is 0.478 e. The summed E-state index contributed by atoms with van der Waals surface area (Å²) in [6, 6.07) is 0. The zero-order valence-electron chi connectivity index (χ0n) is 17.0. The Balaban J connectivity index is 0.000000204. The van der Waals surface area contributed by atoms with Crippen LogP contribution >= 0.6 is 0 Å². The van der Waals surface area contributed by atoms with Gasteiger partial charge in [0, 0.05) is 36.2 Å². The first-order valence-corrected chi connectivity index (χ1v) is 10.7. The van der Waals surface area contributed by atoms with Gasteiger partial charge in [-0.2, -0.15) is 0 Å². The van der Waals surface area contributed by atoms with Crippen LogP contribution in [-0.2, 0) is 9.59 Å². The molecule has 0 aromatic heterocycles. The topological polar surface area (TPSA) is 115 Å². The second kappa shape index (κ2) is 8.23. The van der Waals surface area contributed by atoms with Gasteiger partial charge in [0.25, 0.3) is 0 Å². The van der Waals surface area contributed by atoms with Gasteiger partial charge >= 0.3 is 11.9 Å². The summed E-state index contributed by atoms with van der Waals surface area (Å²) in [7, 11) is 0. The molecule has 0 aliphatic heterocycles. The monoisotopic (exact) mass is 406 g/mol. The van der Waals surface area contributed by atoms with Crippen molar-refractivity contribution in [3.63, 3.8) is 0 Å². The Morgan fingerprint density at radius 1 is 0.931 bits per heavy atom. The molecule has 0 radical (unpaired) electrons. The Hall–Kier alpha value is -1.66. The first kappa shape index (κ1) is 22.0. The molecule has 4 N–H and O–H groups in total. The molecular weight excluding hydrogens is 372 g/mol. The maximum absolute atomic E-state index is 10.4. The summed E-state index contributed by atoms with van der Waals surface area (Å²) in [5.74, 6) is 2.91. The van der Waals surface area contributed by atoms with Crippen molar-refractivity contribution in [2.45, 2.75) is 44.9 Å². The highest BCUT2D eigenvalue weighted by Crippen LogP contribution is 2.82. The van der Waals surface area contributed by atoms with E-state index in [2.05, 4.69) is 13.2 Å². The molecule has 5 aliphatic carbocycles. The van der Waals surface area contributed by atoms with Crippen LogP contribution in [0.4, 0.5) is 0 Å². The third-order valence-corrected chi connectivity index (χ3v) is 9.01. The number of hydrogen-bond donors (Lipinski definition) is 4. The Bertz CT molecular complexity index is 656. The van der Waals surface area contributed by atoms with Crippen molar-refractivity contribution in [2.75, 3.05) is 13.2 Å². The van der Waals surface area contributed by atoms with Crippen molar-refractivity contribution < 1.29 is 30.0 Å². The van der Waals surface area contributed by atoms with Crippen LogP contribution in [0.5, 0.6) is 0 Å². The second-order valence-electron chi connectivity index (χ2n) is 9.46. The number of aliphatic carboxylic acids is 2. The molecule has 5 rings (SSSR count). The number of rotatable bonds is 4. The minimum absolute atomic E-state index is 0.109. The van der Waals surface area contributed by atoms with Gasteiger partial charge in [0.1, 0.15) is 0 Å². The normalized spacial score (nSPS) is 44.6. The molecule has 5 saturated carbocycles. The smallest absolute Gasteiger partial charge is 0.327 e. The molecule has 0 saturated heterocycles. The predicted molar refractivity (Wildman–Crippen MR) is 108 cm³/mol. The van der Waals surface area contributed by atoms with Crippen LogP contribution in [0.2, 0.25) is 0 Å². The van der Waals surface area contributed by atoms with Crippen LogP contribution in [0.1, 0.15) is 44.9 Å². The zero-order valence-corrected chi connectivity index (χ0v) is 17.0. The standard InChI is InChI=1S/C17H26O2.2C3H4O2/c18-8-16-7-13(12-2-1-3-14(12)16)15-10-4-5-11(6-10)17(15,16)9-19;2*1-2-3(4)5/h10-15,18-19H,1-9H2;2*2H,1H2,(H,4,5). The zero-order chi connectivity index (χ0) is 21.4. The molecule has 162 valence electrons. The van der Waals surface area contributed by atoms with Gasteiger partial charge < -0.3 is 20.4 Å². The number of hydrogen-bond acceptors (Lipinski definition) is 4. The van der Waals surface area contributed by atoms with Crippen LogP contribution in [0.25, 0.3) is 0 Å². The van der Waals surface area contributed by atoms with E-state index in [9.17, 15) is 19.8 Å². The van der Waals surface area contributed by atoms with E-state index in [0.29, 0.717) is 13.2 Å². The fourth-order valence-electron chi connectivity index (χ4n) is 8.53. The van der Waals surface area contributed by atoms with E-state index >= 15 is 0 Å². The molecule has 0 aromatic rings. The fraction of sp³-hybridized carbons (Fsp3) is 0.739. The highest BCUT2D eigenvalue weighted by atomic mass is 16.4. The lowest BCUT2D eigenvalue weighted by atomic mass is 9.49. The number of fused-ring (bicyclic) bond motifs is 12. The van der Waals surface area contributed by atoms with Crippen molar-refractivity contribution in [1.29, 1.82) is 0 Å². The van der Waals surface area contributed by atoms with E-state index in [0.717, 1.165) is 47.7 Å². The SMILES string of the molecule is C=CC(=O)O.C=CC(=O)O.OCC12CC(C3CCCC31)C1C3CCC(C3)C12CO. The average Bonchev–Trinajstić information content (AvgIpc) is 3.51. The molecule has 0 aromatic carbocycles. The highest BCUT2D eigenvalue weighted by molar-refractivity contribution is 5.79. The Morgan fingerprint density at radius 3 is 2.07 bits per heavy atom. The minimum Gasteiger partial charge on any atom is -0.478 e. The number of carboxylic acid groups (broad SMARTS) is 2. The van der Waals surface area contributed by atoms with E-state index in [4.69, 9.17) is 10.2 Å². The van der Waals surface area contributed by atoms with Gasteiger partial charge in [-0.3, -0.25) is 0 Å². The maximum Gasteiger partial charge on any atom is 0.327 e. The van der Waals surface area contributed by atoms with Gasteiger partial charge in [0.05, 0.1) is 0 Å². The van der Waals surface area contributed by atoms with Gasteiger partial charge in [0.2, 0.25) is 0 Å². The van der Waals surface area contributed by atoms with Crippen molar-refractivity contribution in [3.8, 4) is 0 Å². The van der Waals surface area contributed by atoms with Gasteiger partial charge in [-0.05, 0) is 74.0 Å². The molecule has 0 amide bonds. The molecule has 6 heteroatoms. The van der Waals surface area contributed by atoms with E-state index < -0.39 is 11.9 Å². The van der Waals surface area contributed by atoms with Crippen LogP contribution in [0, 0.1) is 46.3 Å². The Morgan fingerprint density at radius 2 is 1.55 bits per heavy atom. The summed E-state index contributed by atoms with van der Waals surface area (Å²) in [5, 5.41) is 35.9. The Labute approximate surface area is 172 Å². The van der Waals surface area contributed by atoms with Crippen LogP contribution < -0.4 is 0 Å². The molecule has 8 atom stereocenters. The summed E-state index contributed by atoms with van der Waals surface area (Å²) in [6.45, 7) is 6.63. The summed E-state index contributed by atoms with van der Waals surface area (Å²) < 4.78 is 0. The van der Waals surface area contributed by atoms with E-state index in [-0.39, 0.29) is 10.8 Å². The van der Waals surface area contributed by atoms with Crippen molar-refractivity contribution in [2.24, 2.45) is 46.3 Å². The maximum atomic E-state index is 10.4.